The third-order valence-electron chi connectivity index (χ3n) is 2.52. The van der Waals surface area contributed by atoms with Crippen molar-refractivity contribution in [2.45, 2.75) is 19.8 Å². The highest BCUT2D eigenvalue weighted by molar-refractivity contribution is 9.09. The Kier molecular flexibility index (Phi) is 5.84. The molecule has 0 saturated heterocycles. The normalized spacial score (nSPS) is 10.3. The van der Waals surface area contributed by atoms with E-state index in [1.807, 2.05) is 0 Å². The minimum Gasteiger partial charge on any atom is -0.358 e. The Hall–Kier alpha value is -1.37. The van der Waals surface area contributed by atoms with E-state index in [1.54, 1.807) is 4.90 Å². The molecule has 0 atom stereocenters. The largest absolute Gasteiger partial charge is 0.358 e. The molecule has 0 fully saturated rings. The van der Waals surface area contributed by atoms with E-state index in [0.717, 1.165) is 12.8 Å². The number of hydrogen-bond acceptors (Lipinski definition) is 3. The molecule has 1 aromatic rings. The van der Waals surface area contributed by atoms with E-state index in [4.69, 9.17) is 0 Å². The summed E-state index contributed by atoms with van der Waals surface area (Å²) < 4.78 is 0. The Balaban J connectivity index is 2.77. The van der Waals surface area contributed by atoms with Crippen LogP contribution in [0.2, 0.25) is 0 Å². The second-order valence-corrected chi connectivity index (χ2v) is 4.64. The number of nitrogens with zero attached hydrogens (tertiary/aromatic N) is 2. The summed E-state index contributed by atoms with van der Waals surface area (Å²) in [6.07, 6.45) is 1.92. The number of hydrogen-bond donors (Lipinski definition) is 1. The zero-order valence-electron chi connectivity index (χ0n) is 10.2. The molecule has 0 spiro atoms. The topological polar surface area (TPSA) is 79.2 Å². The van der Waals surface area contributed by atoms with E-state index in [1.165, 1.54) is 12.1 Å². The molecule has 0 bridgehead atoms. The molecule has 18 heavy (non-hydrogen) atoms. The molecule has 0 aliphatic rings. The first-order chi connectivity index (χ1) is 8.60. The molecule has 100 valence electrons. The molecule has 0 radical (unpaired) electrons. The molecule has 0 aliphatic carbocycles. The second kappa shape index (κ2) is 7.15. The average molecular weight is 318 g/mol. The maximum absolute atomic E-state index is 12.1. The van der Waals surface area contributed by atoms with E-state index in [2.05, 4.69) is 27.8 Å². The van der Waals surface area contributed by atoms with Gasteiger partial charge in [-0.2, -0.15) is 0 Å². The van der Waals surface area contributed by atoms with Gasteiger partial charge in [0.05, 0.1) is 0 Å². The van der Waals surface area contributed by atoms with Crippen LogP contribution in [0.25, 0.3) is 0 Å². The lowest BCUT2D eigenvalue weighted by atomic mass is 10.3. The molecule has 7 heteroatoms. The molecule has 6 nitrogen and oxygen atoms in total. The molecule has 0 unspecified atom stereocenters. The Labute approximate surface area is 114 Å². The van der Waals surface area contributed by atoms with Gasteiger partial charge in [0, 0.05) is 24.5 Å². The fourth-order valence-corrected chi connectivity index (χ4v) is 1.98. The monoisotopic (exact) mass is 317 g/mol. The molecule has 0 saturated carbocycles. The predicted molar refractivity (Wildman–Crippen MR) is 72.1 cm³/mol. The van der Waals surface area contributed by atoms with Crippen molar-refractivity contribution in [1.29, 1.82) is 0 Å². The summed E-state index contributed by atoms with van der Waals surface area (Å²) in [4.78, 5) is 26.3. The molecule has 1 aromatic heterocycles. The molecule has 1 N–H and O–H groups in total. The lowest BCUT2D eigenvalue weighted by Crippen LogP contribution is -2.33. The standard InChI is InChI=1S/C11H16BrN3O3/c1-2-3-7-14(8-6-12)11(16)9-4-5-10(13-9)15(17)18/h4-5,13H,2-3,6-8H2,1H3. The lowest BCUT2D eigenvalue weighted by molar-refractivity contribution is -0.389. The highest BCUT2D eigenvalue weighted by Gasteiger charge is 2.20. The van der Waals surface area contributed by atoms with Crippen LogP contribution in [-0.2, 0) is 0 Å². The second-order valence-electron chi connectivity index (χ2n) is 3.85. The Bertz CT molecular complexity index is 419. The fourth-order valence-electron chi connectivity index (χ4n) is 1.55. The number of rotatable bonds is 7. The number of amides is 1. The maximum atomic E-state index is 12.1. The summed E-state index contributed by atoms with van der Waals surface area (Å²) >= 11 is 3.30. The summed E-state index contributed by atoms with van der Waals surface area (Å²) in [5.41, 5.74) is 0.263. The number of carbonyl (C=O) groups is 1. The third-order valence-corrected chi connectivity index (χ3v) is 2.88. The molecule has 0 aromatic carbocycles. The molecular weight excluding hydrogens is 302 g/mol. The number of unbranched alkanes of at least 4 members (excludes halogenated alkanes) is 1. The van der Waals surface area contributed by atoms with Crippen molar-refractivity contribution in [3.63, 3.8) is 0 Å². The average Bonchev–Trinajstić information content (AvgIpc) is 2.83. The van der Waals surface area contributed by atoms with Crippen molar-refractivity contribution < 1.29 is 9.72 Å². The number of nitro groups is 1. The van der Waals surface area contributed by atoms with E-state index < -0.39 is 4.92 Å². The summed E-state index contributed by atoms with van der Waals surface area (Å²) in [5, 5.41) is 11.2. The molecule has 0 aliphatic heterocycles. The highest BCUT2D eigenvalue weighted by atomic mass is 79.9. The van der Waals surface area contributed by atoms with Crippen LogP contribution in [-0.4, -0.2) is 39.1 Å². The van der Waals surface area contributed by atoms with Crippen LogP contribution < -0.4 is 0 Å². The number of carbonyl (C=O) groups excluding carboxylic acids is 1. The van der Waals surface area contributed by atoms with Crippen LogP contribution in [0, 0.1) is 10.1 Å². The van der Waals surface area contributed by atoms with Crippen LogP contribution in [0.4, 0.5) is 5.82 Å². The number of aromatic amines is 1. The summed E-state index contributed by atoms with van der Waals surface area (Å²) in [5.74, 6) is -0.358. The quantitative estimate of drug-likeness (QED) is 0.477. The number of alkyl halides is 1. The smallest absolute Gasteiger partial charge is 0.321 e. The van der Waals surface area contributed by atoms with Crippen molar-refractivity contribution in [2.75, 3.05) is 18.4 Å². The number of halogens is 1. The van der Waals surface area contributed by atoms with Crippen molar-refractivity contribution >= 4 is 27.7 Å². The Morgan fingerprint density at radius 1 is 1.50 bits per heavy atom. The molecule has 1 amide bonds. The van der Waals surface area contributed by atoms with E-state index in [9.17, 15) is 14.9 Å². The first-order valence-corrected chi connectivity index (χ1v) is 6.91. The lowest BCUT2D eigenvalue weighted by Gasteiger charge is -2.19. The van der Waals surface area contributed by atoms with Crippen molar-refractivity contribution in [1.82, 2.24) is 9.88 Å². The van der Waals surface area contributed by atoms with Crippen LogP contribution in [0.15, 0.2) is 12.1 Å². The first kappa shape index (κ1) is 14.7. The van der Waals surface area contributed by atoms with Gasteiger partial charge >= 0.3 is 5.82 Å². The van der Waals surface area contributed by atoms with Gasteiger partial charge in [0.1, 0.15) is 0 Å². The van der Waals surface area contributed by atoms with E-state index in [-0.39, 0.29) is 17.4 Å². The van der Waals surface area contributed by atoms with Gasteiger partial charge < -0.3 is 15.0 Å². The van der Waals surface area contributed by atoms with Crippen LogP contribution >= 0.6 is 15.9 Å². The fraction of sp³-hybridized carbons (Fsp3) is 0.545. The van der Waals surface area contributed by atoms with E-state index in [0.29, 0.717) is 18.4 Å². The maximum Gasteiger partial charge on any atom is 0.321 e. The minimum absolute atomic E-state index is 0.160. The molecular formula is C11H16BrN3O3. The van der Waals surface area contributed by atoms with Gasteiger partial charge in [0.25, 0.3) is 5.91 Å². The molecule has 1 heterocycles. The van der Waals surface area contributed by atoms with Crippen molar-refractivity contribution in [3.8, 4) is 0 Å². The van der Waals surface area contributed by atoms with E-state index >= 15 is 0 Å². The van der Waals surface area contributed by atoms with Gasteiger partial charge in [0.2, 0.25) is 0 Å². The minimum atomic E-state index is -0.544. The summed E-state index contributed by atoms with van der Waals surface area (Å²) in [7, 11) is 0. The van der Waals surface area contributed by atoms with Gasteiger partial charge in [0.15, 0.2) is 5.69 Å². The molecule has 1 rings (SSSR count). The number of H-pyrrole nitrogens is 1. The van der Waals surface area contributed by atoms with Crippen molar-refractivity contribution in [3.05, 3.63) is 27.9 Å². The van der Waals surface area contributed by atoms with Crippen molar-refractivity contribution in [2.24, 2.45) is 0 Å². The van der Waals surface area contributed by atoms with Gasteiger partial charge in [-0.3, -0.25) is 4.79 Å². The zero-order valence-corrected chi connectivity index (χ0v) is 11.8. The Morgan fingerprint density at radius 2 is 2.22 bits per heavy atom. The van der Waals surface area contributed by atoms with Gasteiger partial charge in [-0.05, 0) is 17.4 Å². The summed E-state index contributed by atoms with van der Waals surface area (Å²) in [6.45, 7) is 3.30. The van der Waals surface area contributed by atoms with Crippen LogP contribution in [0.3, 0.4) is 0 Å². The first-order valence-electron chi connectivity index (χ1n) is 5.78. The van der Waals surface area contributed by atoms with Gasteiger partial charge in [-0.1, -0.05) is 29.3 Å². The Morgan fingerprint density at radius 3 is 2.72 bits per heavy atom. The number of nitrogens with one attached hydrogen (secondary N) is 1. The van der Waals surface area contributed by atoms with Crippen LogP contribution in [0.1, 0.15) is 30.3 Å². The predicted octanol–water partition coefficient (Wildman–Crippen LogP) is 2.56. The third kappa shape index (κ3) is 3.83. The van der Waals surface area contributed by atoms with Gasteiger partial charge in [-0.15, -0.1) is 0 Å². The SMILES string of the molecule is CCCCN(CCBr)C(=O)c1ccc([N+](=O)[O-])[nH]1. The zero-order chi connectivity index (χ0) is 13.5. The highest BCUT2D eigenvalue weighted by Crippen LogP contribution is 2.12. The number of aromatic nitrogens is 1. The van der Waals surface area contributed by atoms with Crippen LogP contribution in [0.5, 0.6) is 0 Å². The van der Waals surface area contributed by atoms with Gasteiger partial charge in [-0.25, -0.2) is 4.98 Å². The summed E-state index contributed by atoms with van der Waals surface area (Å²) in [6, 6.07) is 2.76.